The Balaban J connectivity index is 0.000000151. The normalized spacial score (nSPS) is 10.2. The summed E-state index contributed by atoms with van der Waals surface area (Å²) in [6.07, 6.45) is 6.99. The molecule has 0 radical (unpaired) electrons. The van der Waals surface area contributed by atoms with Gasteiger partial charge in [-0.3, -0.25) is 0 Å². The van der Waals surface area contributed by atoms with E-state index in [-0.39, 0.29) is 0 Å². The molecule has 0 unspecified atom stereocenters. The van der Waals surface area contributed by atoms with Gasteiger partial charge in [0, 0.05) is 18.6 Å². The van der Waals surface area contributed by atoms with Crippen molar-refractivity contribution in [2.75, 3.05) is 5.73 Å². The van der Waals surface area contributed by atoms with Gasteiger partial charge in [0.05, 0.1) is 6.20 Å². The molecule has 10 heteroatoms. The summed E-state index contributed by atoms with van der Waals surface area (Å²) in [6.45, 7) is 0. The van der Waals surface area contributed by atoms with Crippen LogP contribution in [-0.4, -0.2) is 24.3 Å². The van der Waals surface area contributed by atoms with Crippen molar-refractivity contribution < 1.29 is 0 Å². The highest BCUT2D eigenvalue weighted by Crippen LogP contribution is 2.17. The molecule has 0 amide bonds. The van der Waals surface area contributed by atoms with Gasteiger partial charge in [-0.2, -0.15) is 0 Å². The number of hydrogen-bond acceptors (Lipinski definition) is 5. The average molecular weight is 530 g/mol. The van der Waals surface area contributed by atoms with Gasteiger partial charge in [0.25, 0.3) is 0 Å². The Morgan fingerprint density at radius 1 is 0.950 bits per heavy atom. The van der Waals surface area contributed by atoms with E-state index in [1.54, 1.807) is 12.4 Å². The van der Waals surface area contributed by atoms with Crippen molar-refractivity contribution in [3.8, 4) is 0 Å². The number of nitrogens with zero attached hydrogens (tertiary/aromatic N) is 5. The molecule has 3 aromatic heterocycles. The third-order valence-corrected chi connectivity index (χ3v) is 3.91. The van der Waals surface area contributed by atoms with Crippen molar-refractivity contribution in [2.45, 2.75) is 0 Å². The summed E-state index contributed by atoms with van der Waals surface area (Å²) in [5.74, 6) is 0.401. The molecule has 0 spiro atoms. The first-order chi connectivity index (χ1) is 9.47. The molecule has 0 aliphatic rings. The van der Waals surface area contributed by atoms with Crippen LogP contribution in [-0.2, 0) is 0 Å². The molecule has 20 heavy (non-hydrogen) atoms. The van der Waals surface area contributed by atoms with Crippen LogP contribution in [0, 0.1) is 0 Å². The zero-order chi connectivity index (χ0) is 14.7. The van der Waals surface area contributed by atoms with Crippen molar-refractivity contribution in [1.29, 1.82) is 0 Å². The lowest BCUT2D eigenvalue weighted by molar-refractivity contribution is 1.08. The third-order valence-electron chi connectivity index (χ3n) is 2.03. The smallest absolute Gasteiger partial charge is 0.170 e. The summed E-state index contributed by atoms with van der Waals surface area (Å²) in [4.78, 5) is 15.9. The van der Waals surface area contributed by atoms with Crippen LogP contribution >= 0.6 is 63.7 Å². The number of anilines is 1. The van der Waals surface area contributed by atoms with Crippen LogP contribution in [0.2, 0.25) is 0 Å². The number of imidazole rings is 1. The minimum absolute atomic E-state index is 0.401. The Labute approximate surface area is 147 Å². The monoisotopic (exact) mass is 526 g/mol. The summed E-state index contributed by atoms with van der Waals surface area (Å²) in [5, 5.41) is 0. The van der Waals surface area contributed by atoms with E-state index in [0.717, 1.165) is 14.9 Å². The number of aromatic nitrogens is 5. The average Bonchev–Trinajstić information content (AvgIpc) is 2.83. The Morgan fingerprint density at radius 2 is 1.65 bits per heavy atom. The number of nitrogens with two attached hydrogens (primary N) is 1. The van der Waals surface area contributed by atoms with Gasteiger partial charge < -0.3 is 10.1 Å². The maximum Gasteiger partial charge on any atom is 0.170 e. The van der Waals surface area contributed by atoms with Gasteiger partial charge in [0.1, 0.15) is 13.8 Å². The van der Waals surface area contributed by atoms with Crippen molar-refractivity contribution in [1.82, 2.24) is 24.3 Å². The fourth-order valence-electron chi connectivity index (χ4n) is 1.22. The Morgan fingerprint density at radius 3 is 2.30 bits per heavy atom. The highest BCUT2D eigenvalue weighted by atomic mass is 79.9. The molecule has 3 rings (SSSR count). The Kier molecular flexibility index (Phi) is 5.47. The number of rotatable bonds is 0. The predicted octanol–water partition coefficient (Wildman–Crippen LogP) is 3.84. The molecule has 3 heterocycles. The second-order valence-corrected chi connectivity index (χ2v) is 6.51. The van der Waals surface area contributed by atoms with Gasteiger partial charge >= 0.3 is 0 Å². The molecule has 0 aliphatic carbocycles. The van der Waals surface area contributed by atoms with E-state index in [1.807, 2.05) is 16.8 Å². The van der Waals surface area contributed by atoms with Crippen molar-refractivity contribution in [2.24, 2.45) is 0 Å². The molecule has 0 fully saturated rings. The summed E-state index contributed by atoms with van der Waals surface area (Å²) >= 11 is 12.8. The SMILES string of the molecule is Brc1cn2ccnc2c(Br)n1.Nc1ncc(Br)nc1Br. The van der Waals surface area contributed by atoms with Crippen LogP contribution in [0.4, 0.5) is 5.82 Å². The molecule has 0 bridgehead atoms. The van der Waals surface area contributed by atoms with Gasteiger partial charge in [-0.05, 0) is 63.7 Å². The second-order valence-electron chi connectivity index (χ2n) is 3.38. The quantitative estimate of drug-likeness (QED) is 0.479. The Bertz CT molecular complexity index is 744. The van der Waals surface area contributed by atoms with Gasteiger partial charge in [-0.1, -0.05) is 0 Å². The van der Waals surface area contributed by atoms with E-state index in [9.17, 15) is 0 Å². The van der Waals surface area contributed by atoms with Crippen LogP contribution in [0.3, 0.4) is 0 Å². The minimum atomic E-state index is 0.401. The molecule has 0 saturated heterocycles. The van der Waals surface area contributed by atoms with E-state index in [2.05, 4.69) is 83.7 Å². The molecule has 2 N–H and O–H groups in total. The van der Waals surface area contributed by atoms with Gasteiger partial charge in [0.15, 0.2) is 16.1 Å². The first kappa shape index (κ1) is 15.8. The molecule has 104 valence electrons. The summed E-state index contributed by atoms with van der Waals surface area (Å²) < 4.78 is 4.66. The van der Waals surface area contributed by atoms with Crippen LogP contribution in [0.25, 0.3) is 5.65 Å². The van der Waals surface area contributed by atoms with Gasteiger partial charge in [-0.15, -0.1) is 0 Å². The van der Waals surface area contributed by atoms with Crippen molar-refractivity contribution in [3.63, 3.8) is 0 Å². The first-order valence-electron chi connectivity index (χ1n) is 5.05. The van der Waals surface area contributed by atoms with Gasteiger partial charge in [0.2, 0.25) is 0 Å². The standard InChI is InChI=1S/C6H3Br2N3.C4H3Br2N3/c7-4-3-11-2-1-9-6(11)5(8)10-4;5-2-1-8-4(7)3(6)9-2/h1-3H;1H,(H2,7,8). The van der Waals surface area contributed by atoms with Crippen molar-refractivity contribution in [3.05, 3.63) is 43.2 Å². The van der Waals surface area contributed by atoms with E-state index >= 15 is 0 Å². The molecule has 6 nitrogen and oxygen atoms in total. The second kappa shape index (κ2) is 6.92. The van der Waals surface area contributed by atoms with Crippen LogP contribution < -0.4 is 5.73 Å². The van der Waals surface area contributed by atoms with E-state index in [4.69, 9.17) is 5.73 Å². The molecular formula is C10H6Br4N6. The Hall–Kier alpha value is -0.580. The maximum absolute atomic E-state index is 5.35. The van der Waals surface area contributed by atoms with E-state index in [1.165, 1.54) is 0 Å². The van der Waals surface area contributed by atoms with Crippen molar-refractivity contribution >= 4 is 75.2 Å². The molecule has 0 aliphatic heterocycles. The highest BCUT2D eigenvalue weighted by molar-refractivity contribution is 9.11. The first-order valence-corrected chi connectivity index (χ1v) is 8.23. The number of halogens is 4. The lowest BCUT2D eigenvalue weighted by atomic mass is 10.7. The fraction of sp³-hybridized carbons (Fsp3) is 0. The largest absolute Gasteiger partial charge is 0.381 e. The predicted molar refractivity (Wildman–Crippen MR) is 90.2 cm³/mol. The minimum Gasteiger partial charge on any atom is -0.381 e. The van der Waals surface area contributed by atoms with Crippen LogP contribution in [0.5, 0.6) is 0 Å². The lowest BCUT2D eigenvalue weighted by Crippen LogP contribution is -1.92. The van der Waals surface area contributed by atoms with E-state index in [0.29, 0.717) is 15.0 Å². The molecule has 0 atom stereocenters. The molecule has 3 aromatic rings. The van der Waals surface area contributed by atoms with Gasteiger partial charge in [-0.25, -0.2) is 19.9 Å². The number of hydrogen-bond donors (Lipinski definition) is 1. The summed E-state index contributed by atoms with van der Waals surface area (Å²) in [7, 11) is 0. The highest BCUT2D eigenvalue weighted by Gasteiger charge is 2.01. The number of nitrogen functional groups attached to an aromatic ring is 1. The van der Waals surface area contributed by atoms with Crippen LogP contribution in [0.15, 0.2) is 43.2 Å². The summed E-state index contributed by atoms with van der Waals surface area (Å²) in [5.41, 5.74) is 6.17. The zero-order valence-corrected chi connectivity index (χ0v) is 16.0. The summed E-state index contributed by atoms with van der Waals surface area (Å²) in [6, 6.07) is 0. The third kappa shape index (κ3) is 3.96. The van der Waals surface area contributed by atoms with Crippen LogP contribution in [0.1, 0.15) is 0 Å². The molecule has 0 aromatic carbocycles. The topological polar surface area (TPSA) is 82.0 Å². The maximum atomic E-state index is 5.35. The lowest BCUT2D eigenvalue weighted by Gasteiger charge is -1.95. The molecule has 0 saturated carbocycles. The zero-order valence-electron chi connectivity index (χ0n) is 9.63. The fourth-order valence-corrected chi connectivity index (χ4v) is 3.17. The molecular weight excluding hydrogens is 524 g/mol. The number of fused-ring (bicyclic) bond motifs is 1. The van der Waals surface area contributed by atoms with E-state index < -0.39 is 0 Å².